The fourth-order valence-electron chi connectivity index (χ4n) is 2.73. The first-order valence-electron chi connectivity index (χ1n) is 5.82. The Balaban J connectivity index is 1.59. The predicted molar refractivity (Wildman–Crippen MR) is 59.8 cm³/mol. The van der Waals surface area contributed by atoms with Crippen molar-refractivity contribution < 1.29 is 5.11 Å². The topological polar surface area (TPSA) is 32.3 Å². The normalized spacial score (nSPS) is 29.9. The van der Waals surface area contributed by atoms with Crippen LogP contribution in [-0.4, -0.2) is 23.3 Å². The SMILES string of the molecule is OC1CC(NC2Cc3ccccc3C2)C1. The molecule has 2 nitrogen and oxygen atoms in total. The van der Waals surface area contributed by atoms with Crippen LogP contribution in [0.4, 0.5) is 0 Å². The van der Waals surface area contributed by atoms with Crippen LogP contribution in [0.5, 0.6) is 0 Å². The summed E-state index contributed by atoms with van der Waals surface area (Å²) in [6, 6.07) is 9.85. The van der Waals surface area contributed by atoms with Crippen molar-refractivity contribution in [3.63, 3.8) is 0 Å². The molecule has 1 fully saturated rings. The summed E-state index contributed by atoms with van der Waals surface area (Å²) in [5, 5.41) is 12.9. The third kappa shape index (κ3) is 1.80. The Morgan fingerprint density at radius 2 is 1.60 bits per heavy atom. The lowest BCUT2D eigenvalue weighted by Gasteiger charge is -2.34. The number of hydrogen-bond donors (Lipinski definition) is 2. The highest BCUT2D eigenvalue weighted by Crippen LogP contribution is 2.25. The molecule has 0 spiro atoms. The minimum Gasteiger partial charge on any atom is -0.393 e. The second-order valence-electron chi connectivity index (χ2n) is 4.86. The van der Waals surface area contributed by atoms with Crippen LogP contribution in [0.1, 0.15) is 24.0 Å². The van der Waals surface area contributed by atoms with Crippen LogP contribution in [0.2, 0.25) is 0 Å². The van der Waals surface area contributed by atoms with Gasteiger partial charge in [0.05, 0.1) is 6.10 Å². The standard InChI is InChI=1S/C13H17NO/c15-13-7-12(8-13)14-11-5-9-3-1-2-4-10(9)6-11/h1-4,11-15H,5-8H2. The van der Waals surface area contributed by atoms with Gasteiger partial charge in [0.15, 0.2) is 0 Å². The Morgan fingerprint density at radius 3 is 2.13 bits per heavy atom. The molecule has 2 heteroatoms. The van der Waals surface area contributed by atoms with E-state index >= 15 is 0 Å². The predicted octanol–water partition coefficient (Wildman–Crippen LogP) is 1.27. The molecule has 0 unspecified atom stereocenters. The zero-order valence-electron chi connectivity index (χ0n) is 8.82. The first-order valence-corrected chi connectivity index (χ1v) is 5.82. The van der Waals surface area contributed by atoms with Gasteiger partial charge >= 0.3 is 0 Å². The highest BCUT2D eigenvalue weighted by atomic mass is 16.3. The lowest BCUT2D eigenvalue weighted by atomic mass is 9.89. The fraction of sp³-hybridized carbons (Fsp3) is 0.538. The molecule has 0 aliphatic heterocycles. The molecule has 2 aliphatic rings. The molecule has 0 aromatic heterocycles. The van der Waals surface area contributed by atoms with E-state index < -0.39 is 0 Å². The molecule has 0 radical (unpaired) electrons. The Bertz CT molecular complexity index is 332. The Morgan fingerprint density at radius 1 is 1.00 bits per heavy atom. The number of benzene rings is 1. The van der Waals surface area contributed by atoms with E-state index in [1.54, 1.807) is 0 Å². The fourth-order valence-corrected chi connectivity index (χ4v) is 2.73. The number of aliphatic hydroxyl groups excluding tert-OH is 1. The van der Waals surface area contributed by atoms with Crippen molar-refractivity contribution in [2.45, 2.75) is 43.9 Å². The molecule has 2 aliphatic carbocycles. The zero-order valence-corrected chi connectivity index (χ0v) is 8.82. The summed E-state index contributed by atoms with van der Waals surface area (Å²) in [7, 11) is 0. The number of hydrogen-bond acceptors (Lipinski definition) is 2. The van der Waals surface area contributed by atoms with Gasteiger partial charge in [-0.3, -0.25) is 0 Å². The second kappa shape index (κ2) is 3.62. The van der Waals surface area contributed by atoms with Crippen molar-refractivity contribution in [3.05, 3.63) is 35.4 Å². The van der Waals surface area contributed by atoms with Crippen LogP contribution in [0, 0.1) is 0 Å². The Kier molecular flexibility index (Phi) is 2.26. The largest absolute Gasteiger partial charge is 0.393 e. The smallest absolute Gasteiger partial charge is 0.0570 e. The molecule has 0 saturated heterocycles. The minimum atomic E-state index is -0.0497. The number of fused-ring (bicyclic) bond motifs is 1. The summed E-state index contributed by atoms with van der Waals surface area (Å²) in [6.07, 6.45) is 4.14. The number of aliphatic hydroxyl groups is 1. The van der Waals surface area contributed by atoms with Crippen molar-refractivity contribution in [1.29, 1.82) is 0 Å². The van der Waals surface area contributed by atoms with E-state index in [4.69, 9.17) is 0 Å². The average Bonchev–Trinajstić information content (AvgIpc) is 2.57. The van der Waals surface area contributed by atoms with Crippen molar-refractivity contribution in [1.82, 2.24) is 5.32 Å². The summed E-state index contributed by atoms with van der Waals surface area (Å²) < 4.78 is 0. The molecule has 15 heavy (non-hydrogen) atoms. The third-order valence-corrected chi connectivity index (χ3v) is 3.64. The van der Waals surface area contributed by atoms with E-state index in [9.17, 15) is 5.11 Å². The second-order valence-corrected chi connectivity index (χ2v) is 4.86. The summed E-state index contributed by atoms with van der Waals surface area (Å²) in [4.78, 5) is 0. The molecule has 1 aromatic rings. The van der Waals surface area contributed by atoms with Crippen LogP contribution in [0.15, 0.2) is 24.3 Å². The van der Waals surface area contributed by atoms with Gasteiger partial charge in [-0.1, -0.05) is 24.3 Å². The minimum absolute atomic E-state index is 0.0497. The van der Waals surface area contributed by atoms with Crippen LogP contribution >= 0.6 is 0 Å². The van der Waals surface area contributed by atoms with Gasteiger partial charge in [0.1, 0.15) is 0 Å². The van der Waals surface area contributed by atoms with Gasteiger partial charge in [-0.2, -0.15) is 0 Å². The van der Waals surface area contributed by atoms with E-state index in [0.29, 0.717) is 12.1 Å². The maximum absolute atomic E-state index is 9.23. The van der Waals surface area contributed by atoms with Crippen LogP contribution in [0.25, 0.3) is 0 Å². The van der Waals surface area contributed by atoms with E-state index in [1.165, 1.54) is 11.1 Å². The van der Waals surface area contributed by atoms with Crippen molar-refractivity contribution in [2.24, 2.45) is 0 Å². The van der Waals surface area contributed by atoms with Gasteiger partial charge in [-0.15, -0.1) is 0 Å². The van der Waals surface area contributed by atoms with Crippen LogP contribution in [0.3, 0.4) is 0 Å². The number of rotatable bonds is 2. The Hall–Kier alpha value is -0.860. The molecule has 1 aromatic carbocycles. The van der Waals surface area contributed by atoms with Crippen LogP contribution < -0.4 is 5.32 Å². The van der Waals surface area contributed by atoms with E-state index in [0.717, 1.165) is 25.7 Å². The van der Waals surface area contributed by atoms with Crippen molar-refractivity contribution in [3.8, 4) is 0 Å². The molecule has 0 atom stereocenters. The average molecular weight is 203 g/mol. The van der Waals surface area contributed by atoms with Gasteiger partial charge in [0.2, 0.25) is 0 Å². The molecular formula is C13H17NO. The van der Waals surface area contributed by atoms with Crippen molar-refractivity contribution >= 4 is 0 Å². The maximum Gasteiger partial charge on any atom is 0.0570 e. The molecule has 2 N–H and O–H groups in total. The zero-order chi connectivity index (χ0) is 10.3. The monoisotopic (exact) mass is 203 g/mol. The lowest BCUT2D eigenvalue weighted by Crippen LogP contribution is -2.48. The summed E-state index contributed by atoms with van der Waals surface area (Å²) in [6.45, 7) is 0. The summed E-state index contributed by atoms with van der Waals surface area (Å²) in [5.41, 5.74) is 2.99. The highest BCUT2D eigenvalue weighted by molar-refractivity contribution is 5.33. The molecular weight excluding hydrogens is 186 g/mol. The molecule has 80 valence electrons. The van der Waals surface area contributed by atoms with Crippen molar-refractivity contribution in [2.75, 3.05) is 0 Å². The summed E-state index contributed by atoms with van der Waals surface area (Å²) in [5.74, 6) is 0. The molecule has 1 saturated carbocycles. The van der Waals surface area contributed by atoms with Gasteiger partial charge in [-0.25, -0.2) is 0 Å². The molecule has 0 heterocycles. The van der Waals surface area contributed by atoms with E-state index in [-0.39, 0.29) is 6.10 Å². The van der Waals surface area contributed by atoms with E-state index in [2.05, 4.69) is 29.6 Å². The molecule has 0 amide bonds. The number of nitrogens with one attached hydrogen (secondary N) is 1. The summed E-state index contributed by atoms with van der Waals surface area (Å²) >= 11 is 0. The van der Waals surface area contributed by atoms with Crippen LogP contribution in [-0.2, 0) is 12.8 Å². The molecule has 3 rings (SSSR count). The third-order valence-electron chi connectivity index (χ3n) is 3.64. The van der Waals surface area contributed by atoms with Gasteiger partial charge in [0, 0.05) is 12.1 Å². The maximum atomic E-state index is 9.23. The first kappa shape index (κ1) is 9.37. The first-order chi connectivity index (χ1) is 7.31. The Labute approximate surface area is 90.3 Å². The van der Waals surface area contributed by atoms with Gasteiger partial charge < -0.3 is 10.4 Å². The van der Waals surface area contributed by atoms with Gasteiger partial charge in [0.25, 0.3) is 0 Å². The van der Waals surface area contributed by atoms with E-state index in [1.807, 2.05) is 0 Å². The van der Waals surface area contributed by atoms with Gasteiger partial charge in [-0.05, 0) is 36.8 Å². The quantitative estimate of drug-likeness (QED) is 0.758. The lowest BCUT2D eigenvalue weighted by molar-refractivity contribution is 0.0582. The highest BCUT2D eigenvalue weighted by Gasteiger charge is 2.30. The molecule has 0 bridgehead atoms.